The van der Waals surface area contributed by atoms with Crippen molar-refractivity contribution in [1.82, 2.24) is 10.2 Å². The third-order valence-corrected chi connectivity index (χ3v) is 2.27. The molecule has 0 amide bonds. The van der Waals surface area contributed by atoms with Gasteiger partial charge in [0.1, 0.15) is 12.1 Å². The molecule has 0 radical (unpaired) electrons. The van der Waals surface area contributed by atoms with Gasteiger partial charge in [0.25, 0.3) is 0 Å². The summed E-state index contributed by atoms with van der Waals surface area (Å²) in [5.41, 5.74) is 3.07. The molecule has 1 heterocycles. The van der Waals surface area contributed by atoms with Crippen LogP contribution in [-0.4, -0.2) is 27.0 Å². The Hall–Kier alpha value is -3.39. The van der Waals surface area contributed by atoms with E-state index in [1.807, 2.05) is 0 Å². The van der Waals surface area contributed by atoms with Crippen LogP contribution in [0.3, 0.4) is 0 Å². The molecule has 0 bridgehead atoms. The molecule has 0 aliphatic carbocycles. The number of nitrogens with zero attached hydrogens (tertiary/aromatic N) is 4. The number of hydrazone groups is 1. The Balaban J connectivity index is 2.39. The van der Waals surface area contributed by atoms with Gasteiger partial charge < -0.3 is 5.11 Å². The molecule has 2 aromatic rings. The minimum absolute atomic E-state index is 0.108. The molecular weight excluding hydrogens is 248 g/mol. The highest BCUT2D eigenvalue weighted by Crippen LogP contribution is 2.20. The number of carbonyl (C=O) groups is 1. The number of H-pyrrole nitrogens is 1. The first kappa shape index (κ1) is 12.1. The lowest BCUT2D eigenvalue weighted by atomic mass is 10.2. The van der Waals surface area contributed by atoms with Crippen LogP contribution in [0.5, 0.6) is 0 Å². The van der Waals surface area contributed by atoms with Gasteiger partial charge in [-0.25, -0.2) is 4.79 Å². The number of anilines is 1. The lowest BCUT2D eigenvalue weighted by Crippen LogP contribution is -1.98. The third-order valence-electron chi connectivity index (χ3n) is 2.27. The molecule has 0 atom stereocenters. The van der Waals surface area contributed by atoms with E-state index < -0.39 is 5.97 Å². The summed E-state index contributed by atoms with van der Waals surface area (Å²) in [6.07, 6.45) is 0. The van der Waals surface area contributed by atoms with Gasteiger partial charge in [0, 0.05) is 5.39 Å². The number of benzene rings is 1. The van der Waals surface area contributed by atoms with Gasteiger partial charge in [-0.05, 0) is 18.2 Å². The normalized spacial score (nSPS) is 9.37. The maximum atomic E-state index is 10.9. The number of hydrogen-bond acceptors (Lipinski definition) is 6. The lowest BCUT2D eigenvalue weighted by Gasteiger charge is -1.99. The van der Waals surface area contributed by atoms with Gasteiger partial charge in [0.15, 0.2) is 5.69 Å². The number of nitrogens with one attached hydrogen (secondary N) is 2. The molecule has 0 aliphatic heterocycles. The summed E-state index contributed by atoms with van der Waals surface area (Å²) < 4.78 is 0. The standard InChI is InChI=1S/C11H6N6O2/c12-4-7(5-13)15-14-6-1-2-9-8(3-6)10(11(18)19)17-16-9/h1-3,14H,(H,16,17)(H,18,19). The molecule has 0 aliphatic rings. The van der Waals surface area contributed by atoms with E-state index in [9.17, 15) is 4.79 Å². The van der Waals surface area contributed by atoms with Crippen molar-refractivity contribution in [3.05, 3.63) is 23.9 Å². The molecule has 8 nitrogen and oxygen atoms in total. The van der Waals surface area contributed by atoms with E-state index in [-0.39, 0.29) is 11.4 Å². The number of nitriles is 2. The van der Waals surface area contributed by atoms with Gasteiger partial charge in [-0.3, -0.25) is 10.5 Å². The molecule has 0 fully saturated rings. The van der Waals surface area contributed by atoms with Gasteiger partial charge in [-0.1, -0.05) is 0 Å². The van der Waals surface area contributed by atoms with Crippen LogP contribution in [0, 0.1) is 22.7 Å². The van der Waals surface area contributed by atoms with Crippen molar-refractivity contribution >= 4 is 28.3 Å². The molecule has 0 spiro atoms. The molecule has 0 saturated heterocycles. The molecule has 1 aromatic carbocycles. The Bertz CT molecular complexity index is 746. The van der Waals surface area contributed by atoms with Crippen LogP contribution in [0.4, 0.5) is 5.69 Å². The van der Waals surface area contributed by atoms with Crippen molar-refractivity contribution in [1.29, 1.82) is 10.5 Å². The van der Waals surface area contributed by atoms with Gasteiger partial charge in [-0.2, -0.15) is 20.7 Å². The summed E-state index contributed by atoms with van der Waals surface area (Å²) >= 11 is 0. The van der Waals surface area contributed by atoms with Crippen molar-refractivity contribution in [3.63, 3.8) is 0 Å². The van der Waals surface area contributed by atoms with E-state index in [1.54, 1.807) is 24.3 Å². The monoisotopic (exact) mass is 254 g/mol. The van der Waals surface area contributed by atoms with Gasteiger partial charge >= 0.3 is 5.97 Å². The number of rotatable bonds is 3. The number of carboxylic acids is 1. The fourth-order valence-corrected chi connectivity index (χ4v) is 1.44. The molecule has 0 unspecified atom stereocenters. The van der Waals surface area contributed by atoms with Crippen LogP contribution < -0.4 is 5.43 Å². The summed E-state index contributed by atoms with van der Waals surface area (Å²) in [6, 6.07) is 7.94. The zero-order chi connectivity index (χ0) is 13.8. The smallest absolute Gasteiger partial charge is 0.357 e. The molecule has 2 rings (SSSR count). The molecule has 19 heavy (non-hydrogen) atoms. The van der Waals surface area contributed by atoms with E-state index >= 15 is 0 Å². The second kappa shape index (κ2) is 4.85. The van der Waals surface area contributed by atoms with Gasteiger partial charge in [0.05, 0.1) is 11.2 Å². The number of hydrogen-bond donors (Lipinski definition) is 3. The minimum atomic E-state index is -1.15. The molecule has 8 heteroatoms. The summed E-state index contributed by atoms with van der Waals surface area (Å²) in [7, 11) is 0. The van der Waals surface area contributed by atoms with Crippen LogP contribution in [0.15, 0.2) is 23.3 Å². The second-order valence-electron chi connectivity index (χ2n) is 3.43. The topological polar surface area (TPSA) is 138 Å². The molecule has 0 saturated carbocycles. The quantitative estimate of drug-likeness (QED) is 0.553. The van der Waals surface area contributed by atoms with Gasteiger partial charge in [-0.15, -0.1) is 0 Å². The second-order valence-corrected chi connectivity index (χ2v) is 3.43. The van der Waals surface area contributed by atoms with Crippen LogP contribution in [-0.2, 0) is 0 Å². The zero-order valence-corrected chi connectivity index (χ0v) is 9.38. The summed E-state index contributed by atoms with van der Waals surface area (Å²) in [6.45, 7) is 0. The average molecular weight is 254 g/mol. The predicted molar refractivity (Wildman–Crippen MR) is 65.3 cm³/mol. The Morgan fingerprint density at radius 3 is 2.79 bits per heavy atom. The van der Waals surface area contributed by atoms with Crippen molar-refractivity contribution in [2.75, 3.05) is 5.43 Å². The van der Waals surface area contributed by atoms with E-state index in [0.29, 0.717) is 16.6 Å². The highest BCUT2D eigenvalue weighted by Gasteiger charge is 2.12. The first-order valence-electron chi connectivity index (χ1n) is 5.01. The maximum Gasteiger partial charge on any atom is 0.357 e. The maximum absolute atomic E-state index is 10.9. The Labute approximate surface area is 106 Å². The summed E-state index contributed by atoms with van der Waals surface area (Å²) in [4.78, 5) is 10.9. The Morgan fingerprint density at radius 2 is 2.16 bits per heavy atom. The number of aromatic amines is 1. The SMILES string of the molecule is N#CC(C#N)=NNc1ccc2[nH]nc(C(=O)O)c2c1. The summed E-state index contributed by atoms with van der Waals surface area (Å²) in [5, 5.41) is 36.2. The number of carboxylic acid groups (broad SMARTS) is 1. The highest BCUT2D eigenvalue weighted by molar-refractivity contribution is 6.10. The van der Waals surface area contributed by atoms with Crippen molar-refractivity contribution in [2.24, 2.45) is 5.10 Å². The first-order valence-corrected chi connectivity index (χ1v) is 5.01. The minimum Gasteiger partial charge on any atom is -0.476 e. The third kappa shape index (κ3) is 2.33. The van der Waals surface area contributed by atoms with Crippen LogP contribution in [0.2, 0.25) is 0 Å². The molecule has 92 valence electrons. The number of aromatic carboxylic acids is 1. The van der Waals surface area contributed by atoms with E-state index in [0.717, 1.165) is 0 Å². The Kier molecular flexibility index (Phi) is 3.09. The van der Waals surface area contributed by atoms with Gasteiger partial charge in [0.2, 0.25) is 5.71 Å². The zero-order valence-electron chi connectivity index (χ0n) is 9.38. The number of fused-ring (bicyclic) bond motifs is 1. The molecule has 3 N–H and O–H groups in total. The fraction of sp³-hybridized carbons (Fsp3) is 0. The fourth-order valence-electron chi connectivity index (χ4n) is 1.44. The van der Waals surface area contributed by atoms with E-state index in [2.05, 4.69) is 20.7 Å². The van der Waals surface area contributed by atoms with Crippen molar-refractivity contribution < 1.29 is 9.90 Å². The largest absolute Gasteiger partial charge is 0.476 e. The van der Waals surface area contributed by atoms with Crippen molar-refractivity contribution in [2.45, 2.75) is 0 Å². The highest BCUT2D eigenvalue weighted by atomic mass is 16.4. The predicted octanol–water partition coefficient (Wildman–Crippen LogP) is 1.08. The average Bonchev–Trinajstić information content (AvgIpc) is 2.83. The van der Waals surface area contributed by atoms with Crippen LogP contribution in [0.25, 0.3) is 10.9 Å². The van der Waals surface area contributed by atoms with E-state index in [4.69, 9.17) is 15.6 Å². The lowest BCUT2D eigenvalue weighted by molar-refractivity contribution is 0.0692. The van der Waals surface area contributed by atoms with Crippen LogP contribution >= 0.6 is 0 Å². The Morgan fingerprint density at radius 1 is 1.42 bits per heavy atom. The van der Waals surface area contributed by atoms with E-state index in [1.165, 1.54) is 6.07 Å². The van der Waals surface area contributed by atoms with Crippen molar-refractivity contribution in [3.8, 4) is 12.1 Å². The van der Waals surface area contributed by atoms with Crippen LogP contribution in [0.1, 0.15) is 10.5 Å². The number of aromatic nitrogens is 2. The molecular formula is C11H6N6O2. The molecule has 1 aromatic heterocycles. The summed E-state index contributed by atoms with van der Waals surface area (Å²) in [5.74, 6) is -1.15. The first-order chi connectivity index (χ1) is 9.15.